The number of hydrazine groups is 1. The van der Waals surface area contributed by atoms with Crippen LogP contribution in [0.5, 0.6) is 11.5 Å². The molecule has 2 N–H and O–H groups in total. The Morgan fingerprint density at radius 2 is 1.82 bits per heavy atom. The molecule has 0 fully saturated rings. The van der Waals surface area contributed by atoms with Crippen LogP contribution in [0.2, 0.25) is 0 Å². The molecule has 122 valence electrons. The number of benzene rings is 1. The number of ether oxygens (including phenoxy) is 2. The van der Waals surface area contributed by atoms with Crippen molar-refractivity contribution in [3.8, 4) is 11.5 Å². The Bertz CT molecular complexity index is 503. The molecule has 0 unspecified atom stereocenters. The van der Waals surface area contributed by atoms with Gasteiger partial charge in [-0.25, -0.2) is 0 Å². The lowest BCUT2D eigenvalue weighted by Crippen LogP contribution is -2.43. The van der Waals surface area contributed by atoms with E-state index in [1.54, 1.807) is 6.07 Å². The first kappa shape index (κ1) is 17.8. The third kappa shape index (κ3) is 6.47. The molecule has 6 heteroatoms. The largest absolute Gasteiger partial charge is 0.493 e. The van der Waals surface area contributed by atoms with E-state index in [2.05, 4.69) is 17.8 Å². The maximum atomic E-state index is 11.6. The molecule has 0 saturated carbocycles. The first-order valence-corrected chi connectivity index (χ1v) is 7.42. The van der Waals surface area contributed by atoms with Gasteiger partial charge in [0.1, 0.15) is 0 Å². The van der Waals surface area contributed by atoms with Crippen molar-refractivity contribution in [3.05, 3.63) is 23.8 Å². The summed E-state index contributed by atoms with van der Waals surface area (Å²) >= 11 is 0. The van der Waals surface area contributed by atoms with Crippen molar-refractivity contribution in [2.75, 3.05) is 13.7 Å². The molecule has 0 radical (unpaired) electrons. The molecule has 0 bridgehead atoms. The van der Waals surface area contributed by atoms with Gasteiger partial charge in [0.2, 0.25) is 5.91 Å². The summed E-state index contributed by atoms with van der Waals surface area (Å²) in [4.78, 5) is 23.1. The number of hydrogen-bond acceptors (Lipinski definition) is 4. The minimum atomic E-state index is -0.425. The fourth-order valence-electron chi connectivity index (χ4n) is 1.81. The topological polar surface area (TPSA) is 76.7 Å². The van der Waals surface area contributed by atoms with E-state index in [4.69, 9.17) is 9.47 Å². The van der Waals surface area contributed by atoms with Gasteiger partial charge in [0, 0.05) is 6.42 Å². The molecule has 0 aliphatic carbocycles. The molecule has 1 rings (SSSR count). The van der Waals surface area contributed by atoms with Crippen LogP contribution in [0.25, 0.3) is 0 Å². The van der Waals surface area contributed by atoms with E-state index in [0.717, 1.165) is 24.8 Å². The van der Waals surface area contributed by atoms with Crippen LogP contribution in [-0.4, -0.2) is 25.5 Å². The zero-order valence-corrected chi connectivity index (χ0v) is 13.4. The minimum Gasteiger partial charge on any atom is -0.493 e. The fraction of sp³-hybridized carbons (Fsp3) is 0.500. The molecular formula is C16H24N2O4. The van der Waals surface area contributed by atoms with E-state index in [1.165, 1.54) is 7.11 Å². The zero-order chi connectivity index (χ0) is 16.4. The maximum Gasteiger partial charge on any atom is 0.276 e. The Kier molecular flexibility index (Phi) is 7.81. The van der Waals surface area contributed by atoms with E-state index in [9.17, 15) is 9.59 Å². The molecule has 0 heterocycles. The number of aryl methyl sites for hydroxylation is 1. The van der Waals surface area contributed by atoms with Crippen LogP contribution in [0.1, 0.15) is 38.2 Å². The Balaban J connectivity index is 2.33. The summed E-state index contributed by atoms with van der Waals surface area (Å²) in [7, 11) is 1.54. The first-order chi connectivity index (χ1) is 10.6. The second-order valence-electron chi connectivity index (χ2n) is 5.00. The number of hydrogen-bond donors (Lipinski definition) is 2. The molecular weight excluding hydrogens is 284 g/mol. The van der Waals surface area contributed by atoms with Gasteiger partial charge in [-0.1, -0.05) is 25.8 Å². The number of nitrogens with one attached hydrogen (secondary N) is 2. The first-order valence-electron chi connectivity index (χ1n) is 7.42. The van der Waals surface area contributed by atoms with Gasteiger partial charge < -0.3 is 9.47 Å². The van der Waals surface area contributed by atoms with Gasteiger partial charge in [0.15, 0.2) is 18.1 Å². The molecule has 22 heavy (non-hydrogen) atoms. The van der Waals surface area contributed by atoms with Gasteiger partial charge >= 0.3 is 0 Å². The van der Waals surface area contributed by atoms with Crippen LogP contribution in [0.3, 0.4) is 0 Å². The molecule has 6 nitrogen and oxygen atoms in total. The summed E-state index contributed by atoms with van der Waals surface area (Å²) in [6, 6.07) is 5.43. The highest BCUT2D eigenvalue weighted by atomic mass is 16.5. The Morgan fingerprint density at radius 1 is 1.09 bits per heavy atom. The van der Waals surface area contributed by atoms with Gasteiger partial charge in [0.25, 0.3) is 5.91 Å². The second kappa shape index (κ2) is 9.65. The van der Waals surface area contributed by atoms with Crippen molar-refractivity contribution >= 4 is 11.8 Å². The van der Waals surface area contributed by atoms with Crippen molar-refractivity contribution in [1.82, 2.24) is 10.9 Å². The Labute approximate surface area is 131 Å². The lowest BCUT2D eigenvalue weighted by molar-refractivity contribution is -0.130. The molecule has 0 atom stereocenters. The lowest BCUT2D eigenvalue weighted by Gasteiger charge is -2.11. The minimum absolute atomic E-state index is 0.199. The van der Waals surface area contributed by atoms with E-state index < -0.39 is 5.91 Å². The van der Waals surface area contributed by atoms with Gasteiger partial charge in [0.05, 0.1) is 7.11 Å². The summed E-state index contributed by atoms with van der Waals surface area (Å²) in [6.45, 7) is 3.80. The number of methoxy groups -OCH3 is 1. The van der Waals surface area contributed by atoms with E-state index in [0.29, 0.717) is 17.9 Å². The maximum absolute atomic E-state index is 11.6. The zero-order valence-electron chi connectivity index (χ0n) is 13.4. The highest BCUT2D eigenvalue weighted by Gasteiger charge is 2.08. The highest BCUT2D eigenvalue weighted by molar-refractivity contribution is 5.82. The van der Waals surface area contributed by atoms with Gasteiger partial charge in [-0.2, -0.15) is 0 Å². The summed E-state index contributed by atoms with van der Waals surface area (Å²) in [6.07, 6.45) is 3.26. The number of carbonyl (C=O) groups is 2. The third-order valence-electron chi connectivity index (χ3n) is 3.03. The van der Waals surface area contributed by atoms with Crippen LogP contribution < -0.4 is 20.3 Å². The van der Waals surface area contributed by atoms with Crippen molar-refractivity contribution in [1.29, 1.82) is 0 Å². The molecule has 0 aromatic heterocycles. The van der Waals surface area contributed by atoms with Crippen molar-refractivity contribution < 1.29 is 19.1 Å². The smallest absolute Gasteiger partial charge is 0.276 e. The predicted octanol–water partition coefficient (Wildman–Crippen LogP) is 2.11. The average Bonchev–Trinajstić information content (AvgIpc) is 2.51. The number of unbranched alkanes of at least 4 members (excludes halogenated alkanes) is 2. The van der Waals surface area contributed by atoms with E-state index in [1.807, 2.05) is 19.1 Å². The van der Waals surface area contributed by atoms with Crippen molar-refractivity contribution in [3.63, 3.8) is 0 Å². The summed E-state index contributed by atoms with van der Waals surface area (Å²) in [5.74, 6) is 0.426. The number of amides is 2. The quantitative estimate of drug-likeness (QED) is 0.569. The van der Waals surface area contributed by atoms with E-state index >= 15 is 0 Å². The SMILES string of the molecule is CCCCCC(=O)NNC(=O)COc1ccc(C)cc1OC. The molecule has 0 spiro atoms. The van der Waals surface area contributed by atoms with E-state index in [-0.39, 0.29) is 12.5 Å². The average molecular weight is 308 g/mol. The standard InChI is InChI=1S/C16H24N2O4/c1-4-5-6-7-15(19)17-18-16(20)11-22-13-9-8-12(2)10-14(13)21-3/h8-10H,4-7,11H2,1-3H3,(H,17,19)(H,18,20). The Morgan fingerprint density at radius 3 is 2.50 bits per heavy atom. The molecule has 0 aliphatic heterocycles. The molecule has 0 aliphatic rings. The van der Waals surface area contributed by atoms with Crippen molar-refractivity contribution in [2.24, 2.45) is 0 Å². The van der Waals surface area contributed by atoms with Gasteiger partial charge in [-0.15, -0.1) is 0 Å². The summed E-state index contributed by atoms with van der Waals surface area (Å²) in [5, 5.41) is 0. The second-order valence-corrected chi connectivity index (χ2v) is 5.00. The van der Waals surface area contributed by atoms with Crippen LogP contribution in [0, 0.1) is 6.92 Å². The monoisotopic (exact) mass is 308 g/mol. The van der Waals surface area contributed by atoms with Gasteiger partial charge in [-0.3, -0.25) is 20.4 Å². The predicted molar refractivity (Wildman–Crippen MR) is 83.7 cm³/mol. The van der Waals surface area contributed by atoms with Crippen LogP contribution in [-0.2, 0) is 9.59 Å². The molecule has 1 aromatic carbocycles. The highest BCUT2D eigenvalue weighted by Crippen LogP contribution is 2.27. The number of rotatable bonds is 8. The van der Waals surface area contributed by atoms with Crippen LogP contribution in [0.15, 0.2) is 18.2 Å². The van der Waals surface area contributed by atoms with Crippen LogP contribution >= 0.6 is 0 Å². The Hall–Kier alpha value is -2.24. The molecule has 2 amide bonds. The number of carbonyl (C=O) groups excluding carboxylic acids is 2. The van der Waals surface area contributed by atoms with Crippen LogP contribution in [0.4, 0.5) is 0 Å². The summed E-state index contributed by atoms with van der Waals surface area (Å²) in [5.41, 5.74) is 5.72. The molecule has 0 saturated heterocycles. The van der Waals surface area contributed by atoms with Crippen molar-refractivity contribution in [2.45, 2.75) is 39.5 Å². The lowest BCUT2D eigenvalue weighted by atomic mass is 10.2. The third-order valence-corrected chi connectivity index (χ3v) is 3.03. The normalized spacial score (nSPS) is 9.95. The molecule has 1 aromatic rings. The summed E-state index contributed by atoms with van der Waals surface area (Å²) < 4.78 is 10.6. The van der Waals surface area contributed by atoms with Gasteiger partial charge in [-0.05, 0) is 31.0 Å². The fourth-order valence-corrected chi connectivity index (χ4v) is 1.81.